The lowest BCUT2D eigenvalue weighted by molar-refractivity contribution is 0.471. The molecule has 0 amide bonds. The minimum absolute atomic E-state index is 0.0570. The molecule has 10 heteroatoms. The lowest BCUT2D eigenvalue weighted by Gasteiger charge is -2.24. The van der Waals surface area contributed by atoms with Crippen LogP contribution < -0.4 is 22.2 Å². The molecular formula is C26H28N4O4P2. The van der Waals surface area contributed by atoms with Gasteiger partial charge in [0.25, 0.3) is 22.2 Å². The highest BCUT2D eigenvalue weighted by Crippen LogP contribution is 2.66. The highest BCUT2D eigenvalue weighted by Gasteiger charge is 2.41. The smallest absolute Gasteiger partial charge is 0.267 e. The maximum absolute atomic E-state index is 13.3. The van der Waals surface area contributed by atoms with Gasteiger partial charge in [-0.05, 0) is 64.3 Å². The van der Waals surface area contributed by atoms with E-state index in [-0.39, 0.29) is 45.4 Å². The molecule has 8 nitrogen and oxygen atoms in total. The second-order valence-electron chi connectivity index (χ2n) is 9.69. The summed E-state index contributed by atoms with van der Waals surface area (Å²) < 4.78 is 6.69. The first-order valence-corrected chi connectivity index (χ1v) is 15.6. The van der Waals surface area contributed by atoms with Gasteiger partial charge in [0.15, 0.2) is 0 Å². The summed E-state index contributed by atoms with van der Waals surface area (Å²) in [5, 5.41) is 1.88. The average Bonchev–Trinajstić information content (AvgIpc) is 3.29. The van der Waals surface area contributed by atoms with Crippen molar-refractivity contribution < 1.29 is 0 Å². The van der Waals surface area contributed by atoms with Gasteiger partial charge < -0.3 is 0 Å². The molecule has 36 heavy (non-hydrogen) atoms. The molecule has 2 aromatic carbocycles. The number of hydrogen-bond donors (Lipinski definition) is 0. The van der Waals surface area contributed by atoms with E-state index in [0.717, 1.165) is 12.3 Å². The predicted octanol–water partition coefficient (Wildman–Crippen LogP) is 4.41. The van der Waals surface area contributed by atoms with Crippen LogP contribution >= 0.6 is 15.8 Å². The van der Waals surface area contributed by atoms with E-state index in [0.29, 0.717) is 21.5 Å². The summed E-state index contributed by atoms with van der Waals surface area (Å²) in [7, 11) is -1.40. The molecule has 0 fully saturated rings. The van der Waals surface area contributed by atoms with E-state index in [2.05, 4.69) is 0 Å². The van der Waals surface area contributed by atoms with Crippen molar-refractivity contribution in [2.24, 2.45) is 0 Å². The Kier molecular flexibility index (Phi) is 5.47. The van der Waals surface area contributed by atoms with Crippen molar-refractivity contribution in [2.45, 2.75) is 50.8 Å². The summed E-state index contributed by atoms with van der Waals surface area (Å²) in [5.41, 5.74) is -0.444. The molecule has 0 bridgehead atoms. The Morgan fingerprint density at radius 1 is 0.500 bits per heavy atom. The Hall–Kier alpha value is -2.82. The lowest BCUT2D eigenvalue weighted by atomic mass is 10.2. The number of fused-ring (bicyclic) bond motifs is 4. The van der Waals surface area contributed by atoms with Crippen molar-refractivity contribution in [3.05, 3.63) is 89.9 Å². The molecule has 0 radical (unpaired) electrons. The third kappa shape index (κ3) is 3.07. The van der Waals surface area contributed by atoms with Crippen LogP contribution in [0.2, 0.25) is 0 Å². The van der Waals surface area contributed by atoms with E-state index >= 15 is 0 Å². The van der Waals surface area contributed by atoms with Crippen LogP contribution in [0.25, 0.3) is 21.5 Å². The molecule has 0 saturated carbocycles. The predicted molar refractivity (Wildman–Crippen MR) is 147 cm³/mol. The molecule has 2 aliphatic rings. The zero-order valence-corrected chi connectivity index (χ0v) is 22.4. The van der Waals surface area contributed by atoms with E-state index in [1.165, 1.54) is 0 Å². The minimum Gasteiger partial charge on any atom is -0.267 e. The van der Waals surface area contributed by atoms with Gasteiger partial charge in [0.2, 0.25) is 0 Å². The van der Waals surface area contributed by atoms with Crippen molar-refractivity contribution in [3.8, 4) is 0 Å². The normalized spacial score (nSPS) is 27.0. The standard InChI is InChI=1S/C26H28N4O4P2/c1-15-27-23(31)19-9-5-6-10-20(19)24(32)28(27)16(2)35(15)13-14-36-17(3)29-25(33)21-11-7-8-12-22(21)26(34)30(29)18(36)4/h5-12,15-18H,13-14H2,1-4H3/t15-,16?,17-,18?,35?,36?/m0/s1. The van der Waals surface area contributed by atoms with Gasteiger partial charge in [0.1, 0.15) is 0 Å². The van der Waals surface area contributed by atoms with Gasteiger partial charge >= 0.3 is 0 Å². The van der Waals surface area contributed by atoms with Crippen LogP contribution in [-0.2, 0) is 0 Å². The Morgan fingerprint density at radius 2 is 0.722 bits per heavy atom. The fourth-order valence-electron chi connectivity index (χ4n) is 6.16. The zero-order chi connectivity index (χ0) is 25.5. The molecule has 2 aromatic heterocycles. The van der Waals surface area contributed by atoms with Crippen molar-refractivity contribution in [1.82, 2.24) is 18.7 Å². The second kappa shape index (κ2) is 8.36. The van der Waals surface area contributed by atoms with Gasteiger partial charge in [-0.3, -0.25) is 19.2 Å². The van der Waals surface area contributed by atoms with E-state index in [4.69, 9.17) is 0 Å². The van der Waals surface area contributed by atoms with E-state index in [1.54, 1.807) is 67.3 Å². The number of nitrogens with zero attached hydrogens (tertiary/aromatic N) is 4. The van der Waals surface area contributed by atoms with Crippen LogP contribution in [0.3, 0.4) is 0 Å². The maximum Gasteiger partial charge on any atom is 0.273 e. The first kappa shape index (κ1) is 23.6. The molecule has 6 atom stereocenters. The Labute approximate surface area is 209 Å². The molecule has 2 aliphatic heterocycles. The highest BCUT2D eigenvalue weighted by molar-refractivity contribution is 7.62. The van der Waals surface area contributed by atoms with Gasteiger partial charge in [-0.15, -0.1) is 0 Å². The van der Waals surface area contributed by atoms with Crippen LogP contribution in [-0.4, -0.2) is 31.1 Å². The molecule has 0 spiro atoms. The summed E-state index contributed by atoms with van der Waals surface area (Å²) in [6.07, 6.45) is 1.75. The van der Waals surface area contributed by atoms with Crippen LogP contribution in [0, 0.1) is 0 Å². The van der Waals surface area contributed by atoms with Crippen molar-refractivity contribution >= 4 is 37.4 Å². The summed E-state index contributed by atoms with van der Waals surface area (Å²) in [5.74, 6) is -0.228. The highest BCUT2D eigenvalue weighted by atomic mass is 31.1. The van der Waals surface area contributed by atoms with Crippen LogP contribution in [0.1, 0.15) is 50.8 Å². The summed E-state index contributed by atoms with van der Waals surface area (Å²) >= 11 is 0. The molecule has 6 rings (SSSR count). The third-order valence-corrected chi connectivity index (χ3v) is 14.6. The monoisotopic (exact) mass is 522 g/mol. The Balaban J connectivity index is 1.34. The molecule has 186 valence electrons. The number of hydrogen-bond acceptors (Lipinski definition) is 4. The SMILES string of the molecule is CC1n2c(=O)c3ccccc3c(=O)n2[C@H](C)P1CCP1C(C)n2c(=O)c3ccccc3c(=O)n2[C@@H]1C. The fraction of sp³-hybridized carbons (Fsp3) is 0.385. The Bertz CT molecular complexity index is 1530. The number of benzene rings is 2. The van der Waals surface area contributed by atoms with Crippen LogP contribution in [0.15, 0.2) is 67.7 Å². The average molecular weight is 522 g/mol. The van der Waals surface area contributed by atoms with Crippen LogP contribution in [0.4, 0.5) is 0 Å². The quantitative estimate of drug-likeness (QED) is 0.373. The maximum atomic E-state index is 13.3. The molecular weight excluding hydrogens is 494 g/mol. The largest absolute Gasteiger partial charge is 0.273 e. The first-order valence-electron chi connectivity index (χ1n) is 12.3. The van der Waals surface area contributed by atoms with E-state index in [1.807, 2.05) is 27.7 Å². The lowest BCUT2D eigenvalue weighted by Crippen LogP contribution is -2.36. The van der Waals surface area contributed by atoms with Gasteiger partial charge in [0, 0.05) is 0 Å². The number of rotatable bonds is 3. The molecule has 4 heterocycles. The van der Waals surface area contributed by atoms with Gasteiger partial charge in [0.05, 0.1) is 44.7 Å². The molecule has 4 aromatic rings. The molecule has 0 N–H and O–H groups in total. The molecule has 4 unspecified atom stereocenters. The Morgan fingerprint density at radius 3 is 0.944 bits per heavy atom. The summed E-state index contributed by atoms with van der Waals surface area (Å²) in [6, 6.07) is 14.1. The topological polar surface area (TPSA) is 88.0 Å². The zero-order valence-electron chi connectivity index (χ0n) is 20.7. The number of aromatic nitrogens is 4. The van der Waals surface area contributed by atoms with Crippen molar-refractivity contribution in [3.63, 3.8) is 0 Å². The van der Waals surface area contributed by atoms with Crippen molar-refractivity contribution in [1.29, 1.82) is 0 Å². The van der Waals surface area contributed by atoms with E-state index < -0.39 is 15.8 Å². The van der Waals surface area contributed by atoms with Gasteiger partial charge in [-0.25, -0.2) is 18.7 Å². The summed E-state index contributed by atoms with van der Waals surface area (Å²) in [6.45, 7) is 8.19. The molecule has 0 aliphatic carbocycles. The summed E-state index contributed by atoms with van der Waals surface area (Å²) in [4.78, 5) is 53.3. The fourth-order valence-corrected chi connectivity index (χ4v) is 12.7. The van der Waals surface area contributed by atoms with Crippen molar-refractivity contribution in [2.75, 3.05) is 12.3 Å². The first-order chi connectivity index (χ1) is 17.2. The minimum atomic E-state index is -0.699. The van der Waals surface area contributed by atoms with E-state index in [9.17, 15) is 19.2 Å². The van der Waals surface area contributed by atoms with Crippen LogP contribution in [0.5, 0.6) is 0 Å². The molecule has 0 saturated heterocycles. The van der Waals surface area contributed by atoms with Gasteiger partial charge in [-0.1, -0.05) is 40.1 Å². The van der Waals surface area contributed by atoms with Gasteiger partial charge in [-0.2, -0.15) is 0 Å². The second-order valence-corrected chi connectivity index (χ2v) is 15.6. The third-order valence-electron chi connectivity index (χ3n) is 8.02.